The predicted molar refractivity (Wildman–Crippen MR) is 118 cm³/mol. The second kappa shape index (κ2) is 10.5. The van der Waals surface area contributed by atoms with Crippen LogP contribution in [0.4, 0.5) is 0 Å². The molecule has 1 aromatic carbocycles. The summed E-state index contributed by atoms with van der Waals surface area (Å²) in [4.78, 5) is 38.7. The number of rotatable bonds is 5. The first-order valence-electron chi connectivity index (χ1n) is 9.68. The molecular weight excluding hydrogens is 426 g/mol. The van der Waals surface area contributed by atoms with E-state index in [4.69, 9.17) is 21.1 Å². The van der Waals surface area contributed by atoms with Gasteiger partial charge in [-0.2, -0.15) is 0 Å². The average molecular weight is 454 g/mol. The minimum atomic E-state index is -0.714. The topological polar surface area (TPSA) is 72.9 Å². The summed E-state index contributed by atoms with van der Waals surface area (Å²) >= 11 is 7.54. The molecule has 1 fully saturated rings. The summed E-state index contributed by atoms with van der Waals surface area (Å²) in [6.45, 7) is 7.75. The lowest BCUT2D eigenvalue weighted by atomic mass is 9.98. The van der Waals surface area contributed by atoms with Crippen molar-refractivity contribution in [3.8, 4) is 0 Å². The van der Waals surface area contributed by atoms with Gasteiger partial charge >= 0.3 is 11.9 Å². The number of likely N-dealkylation sites (tertiary alicyclic amines) is 1. The number of esters is 2. The van der Waals surface area contributed by atoms with E-state index in [-0.39, 0.29) is 10.4 Å². The summed E-state index contributed by atoms with van der Waals surface area (Å²) in [7, 11) is 1.34. The fraction of sp³-hybridized carbons (Fsp3) is 0.500. The van der Waals surface area contributed by atoms with Crippen molar-refractivity contribution < 1.29 is 23.9 Å². The number of carbonyl (C=O) groups is 3. The van der Waals surface area contributed by atoms with Crippen LogP contribution < -0.4 is 0 Å². The maximum absolute atomic E-state index is 12.6. The molecule has 30 heavy (non-hydrogen) atoms. The van der Waals surface area contributed by atoms with Crippen LogP contribution in [0.1, 0.15) is 45.7 Å². The predicted octanol–water partition coefficient (Wildman–Crippen LogP) is 4.18. The first kappa shape index (κ1) is 24.4. The van der Waals surface area contributed by atoms with Gasteiger partial charge in [0, 0.05) is 36.4 Å². The number of piperidine rings is 1. The number of thioether (sulfide) groups is 1. The Bertz CT molecular complexity index is 833. The summed E-state index contributed by atoms with van der Waals surface area (Å²) in [5.41, 5.74) is 0.745. The van der Waals surface area contributed by atoms with E-state index in [1.54, 1.807) is 39.0 Å². The molecule has 0 unspecified atom stereocenters. The third kappa shape index (κ3) is 6.86. The molecule has 164 valence electrons. The highest BCUT2D eigenvalue weighted by atomic mass is 35.5. The second-order valence-electron chi connectivity index (χ2n) is 8.06. The van der Waals surface area contributed by atoms with E-state index in [1.165, 1.54) is 31.9 Å². The van der Waals surface area contributed by atoms with Crippen molar-refractivity contribution in [2.45, 2.75) is 51.0 Å². The zero-order valence-electron chi connectivity index (χ0n) is 17.9. The lowest BCUT2D eigenvalue weighted by Gasteiger charge is -2.37. The van der Waals surface area contributed by atoms with E-state index in [0.29, 0.717) is 30.1 Å². The quantitative estimate of drug-likeness (QED) is 0.489. The van der Waals surface area contributed by atoms with E-state index in [9.17, 15) is 14.4 Å². The molecule has 8 heteroatoms. The highest BCUT2D eigenvalue weighted by Gasteiger charge is 2.36. The van der Waals surface area contributed by atoms with Gasteiger partial charge in [-0.3, -0.25) is 9.69 Å². The van der Waals surface area contributed by atoms with Gasteiger partial charge in [0.1, 0.15) is 11.6 Å². The second-order valence-corrected chi connectivity index (χ2v) is 9.84. The van der Waals surface area contributed by atoms with Gasteiger partial charge in [-0.05, 0) is 44.4 Å². The minimum absolute atomic E-state index is 0.0286. The fourth-order valence-corrected chi connectivity index (χ4v) is 4.50. The Kier molecular flexibility index (Phi) is 8.52. The number of methoxy groups -OCH3 is 1. The number of halogens is 1. The van der Waals surface area contributed by atoms with Gasteiger partial charge in [-0.25, -0.2) is 9.59 Å². The van der Waals surface area contributed by atoms with E-state index in [1.807, 2.05) is 11.0 Å². The molecule has 0 amide bonds. The average Bonchev–Trinajstić information content (AvgIpc) is 2.63. The van der Waals surface area contributed by atoms with Gasteiger partial charge in [-0.1, -0.05) is 41.6 Å². The van der Waals surface area contributed by atoms with E-state index < -0.39 is 23.6 Å². The maximum Gasteiger partial charge on any atom is 0.331 e. The Balaban J connectivity index is 2.37. The lowest BCUT2D eigenvalue weighted by Crippen LogP contribution is -2.43. The van der Waals surface area contributed by atoms with E-state index in [0.717, 1.165) is 5.57 Å². The number of hydrogen-bond acceptors (Lipinski definition) is 7. The third-order valence-electron chi connectivity index (χ3n) is 4.49. The number of nitrogens with zero attached hydrogens (tertiary/aromatic N) is 1. The van der Waals surface area contributed by atoms with Crippen molar-refractivity contribution in [1.82, 2.24) is 4.90 Å². The summed E-state index contributed by atoms with van der Waals surface area (Å²) in [5.74, 6) is -0.904. The monoisotopic (exact) mass is 453 g/mol. The Labute approximate surface area is 186 Å². The molecule has 1 aromatic rings. The zero-order valence-corrected chi connectivity index (χ0v) is 19.5. The van der Waals surface area contributed by atoms with Crippen molar-refractivity contribution in [2.75, 3.05) is 20.2 Å². The SMILES string of the molecule is COC(=O)[C@H](c1ccccc1Cl)N1CC[C@@H](SC(C)=O)/C(=C/C(=O)OC(C)(C)C)C1. The molecule has 0 bridgehead atoms. The molecule has 1 heterocycles. The number of hydrogen-bond donors (Lipinski definition) is 0. The van der Waals surface area contributed by atoms with Crippen molar-refractivity contribution in [1.29, 1.82) is 0 Å². The molecule has 0 aliphatic carbocycles. The minimum Gasteiger partial charge on any atom is -0.468 e. The summed E-state index contributed by atoms with van der Waals surface area (Å²) in [6.07, 6.45) is 2.04. The third-order valence-corrected chi connectivity index (χ3v) is 5.98. The molecule has 0 aromatic heterocycles. The Morgan fingerprint density at radius 3 is 2.50 bits per heavy atom. The van der Waals surface area contributed by atoms with Gasteiger partial charge in [0.05, 0.1) is 7.11 Å². The molecule has 1 saturated heterocycles. The normalized spacial score (nSPS) is 19.9. The Morgan fingerprint density at radius 1 is 1.27 bits per heavy atom. The maximum atomic E-state index is 12.6. The summed E-state index contributed by atoms with van der Waals surface area (Å²) in [5, 5.41) is 0.278. The fourth-order valence-electron chi connectivity index (χ4n) is 3.34. The molecule has 1 aliphatic heterocycles. The van der Waals surface area contributed by atoms with Crippen LogP contribution in [-0.2, 0) is 23.9 Å². The zero-order chi connectivity index (χ0) is 22.5. The first-order valence-corrected chi connectivity index (χ1v) is 10.9. The molecule has 0 N–H and O–H groups in total. The van der Waals surface area contributed by atoms with Crippen LogP contribution in [0, 0.1) is 0 Å². The van der Waals surface area contributed by atoms with Crippen LogP contribution in [0.25, 0.3) is 0 Å². The van der Waals surface area contributed by atoms with E-state index in [2.05, 4.69) is 0 Å². The van der Waals surface area contributed by atoms with Gasteiger partial charge in [-0.15, -0.1) is 0 Å². The van der Waals surface area contributed by atoms with Crippen molar-refractivity contribution >= 4 is 40.4 Å². The molecule has 2 rings (SSSR count). The van der Waals surface area contributed by atoms with Gasteiger partial charge in [0.25, 0.3) is 0 Å². The number of ether oxygens (including phenoxy) is 2. The molecular formula is C22H28ClNO5S. The largest absolute Gasteiger partial charge is 0.468 e. The van der Waals surface area contributed by atoms with Crippen LogP contribution in [0.15, 0.2) is 35.9 Å². The Hall–Kier alpha value is -1.83. The van der Waals surface area contributed by atoms with E-state index >= 15 is 0 Å². The standard InChI is InChI=1S/C22H28ClNO5S/c1-14(25)30-18-10-11-24(13-15(18)12-19(26)29-22(2,3)4)20(21(27)28-5)16-8-6-7-9-17(16)23/h6-9,12,18,20H,10-11,13H2,1-5H3/b15-12+/t18-,20+/m1/s1. The summed E-state index contributed by atoms with van der Waals surface area (Å²) < 4.78 is 10.5. The summed E-state index contributed by atoms with van der Waals surface area (Å²) in [6, 6.07) is 6.41. The van der Waals surface area contributed by atoms with Gasteiger partial charge in [0.15, 0.2) is 5.12 Å². The molecule has 6 nitrogen and oxygen atoms in total. The Morgan fingerprint density at radius 2 is 1.93 bits per heavy atom. The molecule has 2 atom stereocenters. The molecule has 0 saturated carbocycles. The molecule has 0 spiro atoms. The lowest BCUT2D eigenvalue weighted by molar-refractivity contribution is -0.148. The highest BCUT2D eigenvalue weighted by molar-refractivity contribution is 8.14. The van der Waals surface area contributed by atoms with Crippen LogP contribution in [0.3, 0.4) is 0 Å². The van der Waals surface area contributed by atoms with Crippen molar-refractivity contribution in [3.63, 3.8) is 0 Å². The highest BCUT2D eigenvalue weighted by Crippen LogP contribution is 2.35. The van der Waals surface area contributed by atoms with Crippen LogP contribution in [-0.4, -0.2) is 53.0 Å². The number of carbonyl (C=O) groups excluding carboxylic acids is 3. The smallest absolute Gasteiger partial charge is 0.331 e. The van der Waals surface area contributed by atoms with Crippen LogP contribution in [0.2, 0.25) is 5.02 Å². The van der Waals surface area contributed by atoms with Gasteiger partial charge < -0.3 is 9.47 Å². The molecule has 1 aliphatic rings. The van der Waals surface area contributed by atoms with Crippen molar-refractivity contribution in [3.05, 3.63) is 46.5 Å². The van der Waals surface area contributed by atoms with Crippen LogP contribution in [0.5, 0.6) is 0 Å². The van der Waals surface area contributed by atoms with Crippen LogP contribution >= 0.6 is 23.4 Å². The molecule has 0 radical (unpaired) electrons. The number of benzene rings is 1. The first-order chi connectivity index (χ1) is 14.0. The van der Waals surface area contributed by atoms with Gasteiger partial charge in [0.2, 0.25) is 0 Å². The van der Waals surface area contributed by atoms with Crippen molar-refractivity contribution in [2.24, 2.45) is 0 Å².